The topological polar surface area (TPSA) is 54.4 Å². The van der Waals surface area contributed by atoms with E-state index in [-0.39, 0.29) is 0 Å². The summed E-state index contributed by atoms with van der Waals surface area (Å²) >= 11 is 1.21. The Bertz CT molecular complexity index is 382. The average molecular weight is 260 g/mol. The minimum atomic E-state index is -0.913. The Labute approximate surface area is 102 Å². The summed E-state index contributed by atoms with van der Waals surface area (Å²) in [4.78, 5) is 11.9. The fourth-order valence-corrected chi connectivity index (χ4v) is 3.73. The normalized spacial score (nSPS) is 12.9. The fraction of sp³-hybridized carbons (Fsp3) is 0.545. The number of carbonyl (C=O) groups is 1. The van der Waals surface area contributed by atoms with Crippen LogP contribution in [0.25, 0.3) is 0 Å². The Balaban J connectivity index is 2.46. The molecule has 5 heteroatoms. The zero-order valence-corrected chi connectivity index (χ0v) is 11.1. The summed E-state index contributed by atoms with van der Waals surface area (Å²) in [6.45, 7) is 4.20. The van der Waals surface area contributed by atoms with E-state index in [1.807, 2.05) is 0 Å². The predicted octanol–water partition coefficient (Wildman–Crippen LogP) is 2.74. The summed E-state index contributed by atoms with van der Waals surface area (Å²) in [6, 6.07) is 3.32. The van der Waals surface area contributed by atoms with E-state index in [1.165, 1.54) is 11.3 Å². The molecule has 3 nitrogen and oxygen atoms in total. The molecule has 0 aliphatic carbocycles. The molecule has 0 saturated heterocycles. The van der Waals surface area contributed by atoms with E-state index in [0.717, 1.165) is 11.3 Å². The average Bonchev–Trinajstić information content (AvgIpc) is 2.63. The number of thiophene rings is 1. The number of hydrogen-bond donors (Lipinski definition) is 1. The predicted molar refractivity (Wildman–Crippen MR) is 67.4 cm³/mol. The van der Waals surface area contributed by atoms with E-state index in [2.05, 4.69) is 13.8 Å². The van der Waals surface area contributed by atoms with Crippen molar-refractivity contribution in [3.63, 3.8) is 0 Å². The molecule has 0 saturated carbocycles. The maximum Gasteiger partial charge on any atom is 0.345 e. The van der Waals surface area contributed by atoms with Crippen LogP contribution < -0.4 is 0 Å². The Morgan fingerprint density at radius 2 is 2.19 bits per heavy atom. The van der Waals surface area contributed by atoms with Gasteiger partial charge in [-0.25, -0.2) is 4.79 Å². The molecule has 0 amide bonds. The van der Waals surface area contributed by atoms with Gasteiger partial charge in [-0.2, -0.15) is 0 Å². The summed E-state index contributed by atoms with van der Waals surface area (Å²) in [5.74, 6) is 0.814. The lowest BCUT2D eigenvalue weighted by molar-refractivity contribution is 0.0702. The van der Waals surface area contributed by atoms with Gasteiger partial charge >= 0.3 is 5.97 Å². The first kappa shape index (κ1) is 13.4. The van der Waals surface area contributed by atoms with E-state index >= 15 is 0 Å². The largest absolute Gasteiger partial charge is 0.477 e. The summed E-state index contributed by atoms with van der Waals surface area (Å²) in [6.07, 6.45) is 0.948. The summed E-state index contributed by atoms with van der Waals surface area (Å²) in [5, 5.41) is 8.74. The molecule has 0 spiro atoms. The lowest BCUT2D eigenvalue weighted by atomic mass is 10.2. The van der Waals surface area contributed by atoms with Gasteiger partial charge in [-0.1, -0.05) is 13.8 Å². The summed E-state index contributed by atoms with van der Waals surface area (Å²) in [7, 11) is -0.874. The monoisotopic (exact) mass is 260 g/mol. The van der Waals surface area contributed by atoms with E-state index in [4.69, 9.17) is 5.11 Å². The van der Waals surface area contributed by atoms with Gasteiger partial charge in [0.05, 0.1) is 5.75 Å². The summed E-state index contributed by atoms with van der Waals surface area (Å²) in [5.41, 5.74) is 0. The van der Waals surface area contributed by atoms with Crippen molar-refractivity contribution in [2.45, 2.75) is 26.0 Å². The Kier molecular flexibility index (Phi) is 5.15. The van der Waals surface area contributed by atoms with Gasteiger partial charge in [-0.05, 0) is 24.5 Å². The molecule has 90 valence electrons. The van der Waals surface area contributed by atoms with Crippen LogP contribution in [0.1, 0.15) is 34.8 Å². The molecule has 1 rings (SSSR count). The number of hydrogen-bond acceptors (Lipinski definition) is 3. The van der Waals surface area contributed by atoms with Crippen molar-refractivity contribution in [3.8, 4) is 0 Å². The molecule has 16 heavy (non-hydrogen) atoms. The van der Waals surface area contributed by atoms with Crippen LogP contribution in [0.3, 0.4) is 0 Å². The molecule has 0 fully saturated rings. The number of rotatable bonds is 6. The molecule has 1 unspecified atom stereocenters. The van der Waals surface area contributed by atoms with E-state index < -0.39 is 16.8 Å². The third kappa shape index (κ3) is 4.45. The van der Waals surface area contributed by atoms with Crippen LogP contribution >= 0.6 is 11.3 Å². The highest BCUT2D eigenvalue weighted by molar-refractivity contribution is 7.84. The highest BCUT2D eigenvalue weighted by atomic mass is 32.2. The van der Waals surface area contributed by atoms with Crippen molar-refractivity contribution in [2.75, 3.05) is 5.75 Å². The molecule has 1 heterocycles. The third-order valence-electron chi connectivity index (χ3n) is 2.10. The quantitative estimate of drug-likeness (QED) is 0.855. The SMILES string of the molecule is CC(C)CCS(=O)Cc1ccc(C(=O)O)s1. The molecular formula is C11H16O3S2. The van der Waals surface area contributed by atoms with Crippen molar-refractivity contribution < 1.29 is 14.1 Å². The minimum Gasteiger partial charge on any atom is -0.477 e. The highest BCUT2D eigenvalue weighted by Gasteiger charge is 2.09. The second-order valence-corrected chi connectivity index (χ2v) is 6.79. The van der Waals surface area contributed by atoms with Gasteiger partial charge in [0.2, 0.25) is 0 Å². The lowest BCUT2D eigenvalue weighted by Gasteiger charge is -2.03. The Morgan fingerprint density at radius 1 is 1.50 bits per heavy atom. The lowest BCUT2D eigenvalue weighted by Crippen LogP contribution is -2.02. The molecule has 0 radical (unpaired) electrons. The molecule has 1 atom stereocenters. The van der Waals surface area contributed by atoms with Crippen molar-refractivity contribution in [3.05, 3.63) is 21.9 Å². The van der Waals surface area contributed by atoms with Crippen molar-refractivity contribution in [1.29, 1.82) is 0 Å². The molecular weight excluding hydrogens is 244 g/mol. The number of aromatic carboxylic acids is 1. The van der Waals surface area contributed by atoms with Crippen molar-refractivity contribution in [2.24, 2.45) is 5.92 Å². The van der Waals surface area contributed by atoms with Crippen LogP contribution in [0.2, 0.25) is 0 Å². The van der Waals surface area contributed by atoms with Gasteiger partial charge in [0.25, 0.3) is 0 Å². The molecule has 1 aromatic rings. The van der Waals surface area contributed by atoms with Gasteiger partial charge in [-0.3, -0.25) is 4.21 Å². The van der Waals surface area contributed by atoms with Crippen molar-refractivity contribution in [1.82, 2.24) is 0 Å². The molecule has 1 aromatic heterocycles. The minimum absolute atomic E-state index is 0.316. The van der Waals surface area contributed by atoms with Gasteiger partial charge in [-0.15, -0.1) is 11.3 Å². The second kappa shape index (κ2) is 6.15. The third-order valence-corrected chi connectivity index (χ3v) is 4.68. The second-order valence-electron chi connectivity index (χ2n) is 4.04. The van der Waals surface area contributed by atoms with Crippen LogP contribution in [-0.4, -0.2) is 21.0 Å². The Morgan fingerprint density at radius 3 is 2.69 bits per heavy atom. The first-order chi connectivity index (χ1) is 7.49. The van der Waals surface area contributed by atoms with Crippen molar-refractivity contribution >= 4 is 28.1 Å². The first-order valence-corrected chi connectivity index (χ1v) is 7.46. The van der Waals surface area contributed by atoms with E-state index in [9.17, 15) is 9.00 Å². The van der Waals surface area contributed by atoms with Gasteiger partial charge in [0.1, 0.15) is 4.88 Å². The molecule has 0 aromatic carbocycles. The smallest absolute Gasteiger partial charge is 0.345 e. The zero-order chi connectivity index (χ0) is 12.1. The van der Waals surface area contributed by atoms with Crippen LogP contribution in [0.5, 0.6) is 0 Å². The fourth-order valence-electron chi connectivity index (χ4n) is 1.17. The molecule has 0 aliphatic heterocycles. The molecule has 0 aliphatic rings. The number of carboxylic acid groups (broad SMARTS) is 1. The first-order valence-electron chi connectivity index (χ1n) is 5.16. The van der Waals surface area contributed by atoms with Crippen LogP contribution in [-0.2, 0) is 16.6 Å². The zero-order valence-electron chi connectivity index (χ0n) is 9.43. The van der Waals surface area contributed by atoms with E-state index in [1.54, 1.807) is 12.1 Å². The van der Waals surface area contributed by atoms with Crippen LogP contribution in [0.4, 0.5) is 0 Å². The van der Waals surface area contributed by atoms with Gasteiger partial charge < -0.3 is 5.11 Å². The number of carboxylic acids is 1. The maximum absolute atomic E-state index is 11.7. The Hall–Kier alpha value is -0.680. The van der Waals surface area contributed by atoms with Gasteiger partial charge in [0, 0.05) is 21.4 Å². The molecule has 0 bridgehead atoms. The van der Waals surface area contributed by atoms with E-state index in [0.29, 0.717) is 22.3 Å². The van der Waals surface area contributed by atoms with Gasteiger partial charge in [0.15, 0.2) is 0 Å². The highest BCUT2D eigenvalue weighted by Crippen LogP contribution is 2.18. The maximum atomic E-state index is 11.7. The van der Waals surface area contributed by atoms with Crippen LogP contribution in [0.15, 0.2) is 12.1 Å². The standard InChI is InChI=1S/C11H16O3S2/c1-8(2)5-6-16(14)7-9-3-4-10(15-9)11(12)13/h3-4,8H,5-7H2,1-2H3,(H,12,13). The summed E-state index contributed by atoms with van der Waals surface area (Å²) < 4.78 is 11.7. The molecule has 1 N–H and O–H groups in total. The van der Waals surface area contributed by atoms with Crippen LogP contribution in [0, 0.1) is 5.92 Å².